The number of hydrogen-bond acceptors (Lipinski definition) is 10. The standard InChI is InChI=1S/C26H20N6O5/c1-15(28-26(37-27)18-4-2-3-17(11-18)25-29-31-32-30-25)13-35-20-9-10-21-23(12-20)36-14-22(24(21)34)16-5-7-19(33)8-6-16/h2-12,14,33H,1,13,27H2,(H,29,30,31,32)/b28-26-. The molecule has 0 aliphatic carbocycles. The van der Waals surface area contributed by atoms with Crippen molar-refractivity contribution >= 4 is 16.9 Å². The molecule has 0 aliphatic rings. The monoisotopic (exact) mass is 496 g/mol. The minimum absolute atomic E-state index is 0.0277. The van der Waals surface area contributed by atoms with E-state index in [0.29, 0.717) is 44.9 Å². The fourth-order valence-corrected chi connectivity index (χ4v) is 3.62. The minimum atomic E-state index is -0.194. The Morgan fingerprint density at radius 2 is 1.95 bits per heavy atom. The number of aromatic hydroxyl groups is 1. The molecule has 0 radical (unpaired) electrons. The molecular weight excluding hydrogens is 476 g/mol. The van der Waals surface area contributed by atoms with Gasteiger partial charge < -0.3 is 19.1 Å². The average Bonchev–Trinajstić information content (AvgIpc) is 3.47. The summed E-state index contributed by atoms with van der Waals surface area (Å²) in [6.45, 7) is 3.93. The average molecular weight is 496 g/mol. The molecule has 37 heavy (non-hydrogen) atoms. The van der Waals surface area contributed by atoms with Crippen LogP contribution in [0, 0.1) is 0 Å². The molecule has 0 saturated heterocycles. The van der Waals surface area contributed by atoms with Crippen molar-refractivity contribution in [3.8, 4) is 34.0 Å². The van der Waals surface area contributed by atoms with Gasteiger partial charge >= 0.3 is 0 Å². The number of aliphatic imine (C=N–C) groups is 1. The first-order valence-corrected chi connectivity index (χ1v) is 11.0. The van der Waals surface area contributed by atoms with Crippen molar-refractivity contribution in [2.45, 2.75) is 0 Å². The Labute approximate surface area is 209 Å². The number of ether oxygens (including phenoxy) is 1. The van der Waals surface area contributed by atoms with Gasteiger partial charge in [-0.15, -0.1) is 5.10 Å². The summed E-state index contributed by atoms with van der Waals surface area (Å²) >= 11 is 0. The van der Waals surface area contributed by atoms with E-state index in [0.717, 1.165) is 5.56 Å². The van der Waals surface area contributed by atoms with Gasteiger partial charge in [-0.25, -0.2) is 10.1 Å². The van der Waals surface area contributed by atoms with Crippen molar-refractivity contribution in [2.75, 3.05) is 6.61 Å². The van der Waals surface area contributed by atoms with E-state index < -0.39 is 0 Å². The maximum absolute atomic E-state index is 12.9. The first kappa shape index (κ1) is 23.5. The molecule has 3 aromatic carbocycles. The van der Waals surface area contributed by atoms with E-state index in [2.05, 4.69) is 32.2 Å². The fourth-order valence-electron chi connectivity index (χ4n) is 3.62. The lowest BCUT2D eigenvalue weighted by atomic mass is 10.1. The number of phenols is 1. The topological polar surface area (TPSA) is 162 Å². The van der Waals surface area contributed by atoms with Gasteiger partial charge in [0.2, 0.25) is 5.90 Å². The van der Waals surface area contributed by atoms with Crippen LogP contribution in [0.2, 0.25) is 0 Å². The Kier molecular flexibility index (Phi) is 6.43. The smallest absolute Gasteiger partial charge is 0.245 e. The lowest BCUT2D eigenvalue weighted by Crippen LogP contribution is -2.13. The van der Waals surface area contributed by atoms with E-state index in [9.17, 15) is 9.90 Å². The van der Waals surface area contributed by atoms with Gasteiger partial charge in [0.25, 0.3) is 0 Å². The van der Waals surface area contributed by atoms with E-state index in [4.69, 9.17) is 19.9 Å². The van der Waals surface area contributed by atoms with Gasteiger partial charge in [0, 0.05) is 17.2 Å². The molecule has 0 saturated carbocycles. The third kappa shape index (κ3) is 5.06. The summed E-state index contributed by atoms with van der Waals surface area (Å²) in [4.78, 5) is 22.2. The van der Waals surface area contributed by atoms with Crippen LogP contribution in [0.25, 0.3) is 33.5 Å². The van der Waals surface area contributed by atoms with E-state index in [1.54, 1.807) is 48.5 Å². The molecule has 0 bridgehead atoms. The SMILES string of the molecule is C=C(COc1ccc2c(=O)c(-c3ccc(O)cc3)coc2c1)/N=C(\ON)c1cccc(-c2nnn[nH]2)c1. The van der Waals surface area contributed by atoms with Crippen molar-refractivity contribution in [3.63, 3.8) is 0 Å². The quantitative estimate of drug-likeness (QED) is 0.174. The molecular formula is C26H20N6O5. The molecule has 0 spiro atoms. The van der Waals surface area contributed by atoms with Crippen molar-refractivity contribution in [3.05, 3.63) is 101 Å². The molecule has 0 fully saturated rings. The Balaban J connectivity index is 1.31. The molecule has 11 heteroatoms. The molecule has 11 nitrogen and oxygen atoms in total. The predicted octanol–water partition coefficient (Wildman–Crippen LogP) is 3.58. The molecule has 2 heterocycles. The highest BCUT2D eigenvalue weighted by Gasteiger charge is 2.12. The number of phenolic OH excluding ortho intramolecular Hbond substituents is 1. The summed E-state index contributed by atoms with van der Waals surface area (Å²) in [5.41, 5.74) is 2.86. The molecule has 0 atom stereocenters. The maximum atomic E-state index is 12.9. The van der Waals surface area contributed by atoms with Crippen LogP contribution in [0.1, 0.15) is 5.56 Å². The molecule has 0 aliphatic heterocycles. The van der Waals surface area contributed by atoms with Gasteiger partial charge in [-0.1, -0.05) is 30.8 Å². The Morgan fingerprint density at radius 3 is 2.70 bits per heavy atom. The van der Waals surface area contributed by atoms with Crippen LogP contribution < -0.4 is 16.1 Å². The van der Waals surface area contributed by atoms with E-state index >= 15 is 0 Å². The molecule has 0 amide bonds. The number of benzene rings is 3. The van der Waals surface area contributed by atoms with Crippen molar-refractivity contribution in [1.29, 1.82) is 0 Å². The second-order valence-electron chi connectivity index (χ2n) is 7.90. The van der Waals surface area contributed by atoms with Crippen LogP contribution in [-0.2, 0) is 4.84 Å². The van der Waals surface area contributed by atoms with Crippen molar-refractivity contribution in [1.82, 2.24) is 20.6 Å². The summed E-state index contributed by atoms with van der Waals surface area (Å²) in [7, 11) is 0. The van der Waals surface area contributed by atoms with E-state index in [1.807, 2.05) is 6.07 Å². The lowest BCUT2D eigenvalue weighted by Gasteiger charge is -2.09. The summed E-state index contributed by atoms with van der Waals surface area (Å²) in [6.07, 6.45) is 1.39. The summed E-state index contributed by atoms with van der Waals surface area (Å²) in [5.74, 6) is 6.64. The number of fused-ring (bicyclic) bond motifs is 1. The number of nitrogens with two attached hydrogens (primary N) is 1. The highest BCUT2D eigenvalue weighted by molar-refractivity contribution is 5.95. The number of tetrazole rings is 1. The number of aromatic amines is 1. The van der Waals surface area contributed by atoms with Crippen LogP contribution >= 0.6 is 0 Å². The highest BCUT2D eigenvalue weighted by Crippen LogP contribution is 2.25. The van der Waals surface area contributed by atoms with Gasteiger partial charge in [-0.2, -0.15) is 5.90 Å². The van der Waals surface area contributed by atoms with Crippen molar-refractivity contribution < 1.29 is 19.1 Å². The molecule has 5 rings (SSSR count). The Bertz CT molecular complexity index is 1660. The van der Waals surface area contributed by atoms with Gasteiger partial charge in [-0.3, -0.25) is 4.79 Å². The Hall–Kier alpha value is -5.29. The van der Waals surface area contributed by atoms with Gasteiger partial charge in [-0.05, 0) is 52.4 Å². The third-order valence-electron chi connectivity index (χ3n) is 5.43. The Morgan fingerprint density at radius 1 is 1.11 bits per heavy atom. The van der Waals surface area contributed by atoms with E-state index in [-0.39, 0.29) is 23.7 Å². The zero-order valence-corrected chi connectivity index (χ0v) is 19.3. The largest absolute Gasteiger partial charge is 0.508 e. The number of H-pyrrole nitrogens is 1. The maximum Gasteiger partial charge on any atom is 0.245 e. The normalized spacial score (nSPS) is 11.4. The second-order valence-corrected chi connectivity index (χ2v) is 7.90. The highest BCUT2D eigenvalue weighted by atomic mass is 16.6. The molecule has 184 valence electrons. The predicted molar refractivity (Wildman–Crippen MR) is 136 cm³/mol. The molecule has 2 aromatic heterocycles. The summed E-state index contributed by atoms with van der Waals surface area (Å²) in [5, 5.41) is 23.6. The molecule has 0 unspecified atom stereocenters. The van der Waals surface area contributed by atoms with Crippen LogP contribution in [-0.4, -0.2) is 38.2 Å². The van der Waals surface area contributed by atoms with Crippen LogP contribution in [0.3, 0.4) is 0 Å². The minimum Gasteiger partial charge on any atom is -0.508 e. The first-order valence-electron chi connectivity index (χ1n) is 11.0. The summed E-state index contributed by atoms with van der Waals surface area (Å²) in [6, 6.07) is 18.4. The third-order valence-corrected chi connectivity index (χ3v) is 5.43. The van der Waals surface area contributed by atoms with Gasteiger partial charge in [0.05, 0.1) is 16.6 Å². The number of nitrogens with one attached hydrogen (secondary N) is 1. The van der Waals surface area contributed by atoms with Crippen LogP contribution in [0.5, 0.6) is 11.5 Å². The molecule has 5 aromatic rings. The zero-order valence-electron chi connectivity index (χ0n) is 19.3. The number of hydrogen-bond donors (Lipinski definition) is 3. The van der Waals surface area contributed by atoms with Crippen LogP contribution in [0.15, 0.2) is 99.5 Å². The number of rotatable bonds is 7. The lowest BCUT2D eigenvalue weighted by molar-refractivity contribution is 0.318. The van der Waals surface area contributed by atoms with Crippen LogP contribution in [0.4, 0.5) is 0 Å². The first-order chi connectivity index (χ1) is 18.0. The number of aromatic nitrogens is 4. The number of nitrogens with zero attached hydrogens (tertiary/aromatic N) is 4. The van der Waals surface area contributed by atoms with Gasteiger partial charge in [0.15, 0.2) is 11.3 Å². The zero-order chi connectivity index (χ0) is 25.8. The summed E-state index contributed by atoms with van der Waals surface area (Å²) < 4.78 is 11.5. The second kappa shape index (κ2) is 10.1. The van der Waals surface area contributed by atoms with E-state index in [1.165, 1.54) is 18.4 Å². The van der Waals surface area contributed by atoms with Crippen molar-refractivity contribution in [2.24, 2.45) is 10.9 Å². The fraction of sp³-hybridized carbons (Fsp3) is 0.0385. The van der Waals surface area contributed by atoms with Gasteiger partial charge in [0.1, 0.15) is 30.0 Å². The molecule has 4 N–H and O–H groups in total.